The fraction of sp³-hybridized carbons (Fsp3) is 0.429. The Hall–Kier alpha value is -2.38. The van der Waals surface area contributed by atoms with Gasteiger partial charge in [-0.15, -0.1) is 0 Å². The highest BCUT2D eigenvalue weighted by atomic mass is 19.4. The Morgan fingerprint density at radius 2 is 0.771 bits per heavy atom. The van der Waals surface area contributed by atoms with Crippen LogP contribution in [0.3, 0.4) is 0 Å². The normalized spacial score (nSPS) is 13.9. The van der Waals surface area contributed by atoms with Crippen LogP contribution in [0.25, 0.3) is 0 Å². The molecular weight excluding hydrogens is 507 g/mol. The lowest BCUT2D eigenvalue weighted by molar-refractivity contribution is -0.144. The van der Waals surface area contributed by atoms with E-state index in [1.54, 1.807) is 0 Å². The zero-order valence-corrected chi connectivity index (χ0v) is 18.1. The maximum Gasteiger partial charge on any atom is 0.416 e. The van der Waals surface area contributed by atoms with Gasteiger partial charge in [-0.25, -0.2) is 0 Å². The Kier molecular flexibility index (Phi) is 7.63. The van der Waals surface area contributed by atoms with E-state index in [9.17, 15) is 52.7 Å². The summed E-state index contributed by atoms with van der Waals surface area (Å²) in [5, 5.41) is -0.929. The maximum atomic E-state index is 13.3. The lowest BCUT2D eigenvalue weighted by Crippen LogP contribution is -2.20. The van der Waals surface area contributed by atoms with Crippen molar-refractivity contribution in [1.82, 2.24) is 0 Å². The van der Waals surface area contributed by atoms with Crippen molar-refractivity contribution in [2.75, 3.05) is 0 Å². The van der Waals surface area contributed by atoms with Gasteiger partial charge in [0.1, 0.15) is 0 Å². The molecule has 0 heterocycles. The van der Waals surface area contributed by atoms with Crippen LogP contribution in [-0.2, 0) is 29.4 Å². The number of halogens is 12. The molecule has 193 valence electrons. The summed E-state index contributed by atoms with van der Waals surface area (Å²) in [4.78, 5) is 0. The SMILES string of the molecule is CC(C)(C)[B]OC(c1cc(C(F)(F)F)cc(C(F)(F)F)c1)c1cc(C(F)(F)F)cc(C(F)(F)F)c1. The summed E-state index contributed by atoms with van der Waals surface area (Å²) in [6.07, 6.45) is -23.4. The highest BCUT2D eigenvalue weighted by Gasteiger charge is 2.40. The Bertz CT molecular complexity index is 903. The average Bonchev–Trinajstić information content (AvgIpc) is 2.64. The summed E-state index contributed by atoms with van der Waals surface area (Å²) in [5.74, 6) is 0. The molecule has 0 aliphatic rings. The minimum Gasteiger partial charge on any atom is -0.429 e. The van der Waals surface area contributed by atoms with Gasteiger partial charge in [0, 0.05) is 0 Å². The van der Waals surface area contributed by atoms with Gasteiger partial charge in [-0.2, -0.15) is 52.7 Å². The van der Waals surface area contributed by atoms with Gasteiger partial charge < -0.3 is 4.65 Å². The molecule has 1 nitrogen and oxygen atoms in total. The molecular formula is C21H16BF12O. The monoisotopic (exact) mass is 523 g/mol. The summed E-state index contributed by atoms with van der Waals surface area (Å²) < 4.78 is 165. The average molecular weight is 523 g/mol. The molecule has 0 saturated carbocycles. The van der Waals surface area contributed by atoms with Crippen LogP contribution in [0.5, 0.6) is 0 Å². The number of alkyl halides is 12. The molecule has 0 N–H and O–H groups in total. The van der Waals surface area contributed by atoms with Crippen molar-refractivity contribution in [3.8, 4) is 0 Å². The van der Waals surface area contributed by atoms with Crippen LogP contribution >= 0.6 is 0 Å². The predicted molar refractivity (Wildman–Crippen MR) is 101 cm³/mol. The van der Waals surface area contributed by atoms with E-state index in [1.807, 2.05) is 0 Å². The van der Waals surface area contributed by atoms with Crippen LogP contribution in [0.2, 0.25) is 5.31 Å². The van der Waals surface area contributed by atoms with E-state index in [1.165, 1.54) is 20.8 Å². The molecule has 0 saturated heterocycles. The van der Waals surface area contributed by atoms with Gasteiger partial charge in [0.2, 0.25) is 0 Å². The van der Waals surface area contributed by atoms with Crippen LogP contribution in [0.15, 0.2) is 36.4 Å². The molecule has 14 heteroatoms. The van der Waals surface area contributed by atoms with Gasteiger partial charge in [-0.1, -0.05) is 20.8 Å². The van der Waals surface area contributed by atoms with Crippen LogP contribution in [-0.4, -0.2) is 7.48 Å². The predicted octanol–water partition coefficient (Wildman–Crippen LogP) is 8.71. The number of hydrogen-bond acceptors (Lipinski definition) is 1. The molecule has 0 fully saturated rings. The molecule has 1 radical (unpaired) electrons. The van der Waals surface area contributed by atoms with E-state index < -0.39 is 69.5 Å². The van der Waals surface area contributed by atoms with Crippen molar-refractivity contribution < 1.29 is 57.3 Å². The van der Waals surface area contributed by atoms with Gasteiger partial charge in [-0.3, -0.25) is 0 Å². The van der Waals surface area contributed by atoms with Gasteiger partial charge >= 0.3 is 24.7 Å². The molecule has 2 aromatic rings. The van der Waals surface area contributed by atoms with E-state index in [0.29, 0.717) is 0 Å². The molecule has 0 unspecified atom stereocenters. The quantitative estimate of drug-likeness (QED) is 0.288. The van der Waals surface area contributed by atoms with E-state index in [-0.39, 0.29) is 36.4 Å². The minimum absolute atomic E-state index is 0.184. The molecule has 0 bridgehead atoms. The van der Waals surface area contributed by atoms with Crippen molar-refractivity contribution in [1.29, 1.82) is 0 Å². The molecule has 0 aromatic heterocycles. The van der Waals surface area contributed by atoms with E-state index >= 15 is 0 Å². The number of hydrogen-bond donors (Lipinski definition) is 0. The first kappa shape index (κ1) is 28.9. The second-order valence-corrected chi connectivity index (χ2v) is 8.68. The fourth-order valence-corrected chi connectivity index (χ4v) is 2.88. The van der Waals surface area contributed by atoms with E-state index in [4.69, 9.17) is 4.65 Å². The van der Waals surface area contributed by atoms with Crippen molar-refractivity contribution in [2.24, 2.45) is 0 Å². The Balaban J connectivity index is 2.87. The minimum atomic E-state index is -5.31. The van der Waals surface area contributed by atoms with Crippen molar-refractivity contribution in [3.63, 3.8) is 0 Å². The van der Waals surface area contributed by atoms with Crippen LogP contribution in [0.4, 0.5) is 52.7 Å². The molecule has 2 rings (SSSR count). The zero-order chi connectivity index (χ0) is 27.2. The van der Waals surface area contributed by atoms with Crippen molar-refractivity contribution >= 4 is 7.48 Å². The highest BCUT2D eigenvalue weighted by molar-refractivity contribution is 6.31. The molecule has 35 heavy (non-hydrogen) atoms. The zero-order valence-electron chi connectivity index (χ0n) is 18.1. The third-order valence-corrected chi connectivity index (χ3v) is 4.38. The Labute approximate surface area is 192 Å². The summed E-state index contributed by atoms with van der Waals surface area (Å²) >= 11 is 0. The second kappa shape index (κ2) is 9.25. The molecule has 0 aliphatic carbocycles. The summed E-state index contributed by atoms with van der Waals surface area (Å²) in [6.45, 7) is 4.43. The maximum absolute atomic E-state index is 13.3. The number of benzene rings is 2. The highest BCUT2D eigenvalue weighted by Crippen LogP contribution is 2.42. The summed E-state index contributed by atoms with van der Waals surface area (Å²) in [7, 11) is 0.902. The van der Waals surface area contributed by atoms with Gasteiger partial charge in [0.05, 0.1) is 28.4 Å². The Morgan fingerprint density at radius 1 is 0.514 bits per heavy atom. The van der Waals surface area contributed by atoms with Crippen LogP contribution in [0.1, 0.15) is 60.3 Å². The fourth-order valence-electron chi connectivity index (χ4n) is 2.88. The first-order chi connectivity index (χ1) is 15.5. The van der Waals surface area contributed by atoms with E-state index in [2.05, 4.69) is 0 Å². The smallest absolute Gasteiger partial charge is 0.416 e. The lowest BCUT2D eigenvalue weighted by Gasteiger charge is -2.26. The number of rotatable bonds is 4. The van der Waals surface area contributed by atoms with Crippen molar-refractivity contribution in [3.05, 3.63) is 69.8 Å². The van der Waals surface area contributed by atoms with Gasteiger partial charge in [0.15, 0.2) is 0 Å². The largest absolute Gasteiger partial charge is 0.429 e. The van der Waals surface area contributed by atoms with Crippen molar-refractivity contribution in [2.45, 2.75) is 56.9 Å². The summed E-state index contributed by atoms with van der Waals surface area (Å²) in [5.41, 5.74) is -9.13. The summed E-state index contributed by atoms with van der Waals surface area (Å²) in [6, 6.07) is 0.296. The van der Waals surface area contributed by atoms with Crippen LogP contribution in [0, 0.1) is 0 Å². The first-order valence-corrected chi connectivity index (χ1v) is 9.57. The van der Waals surface area contributed by atoms with Gasteiger partial charge in [-0.05, 0) is 52.8 Å². The first-order valence-electron chi connectivity index (χ1n) is 9.57. The van der Waals surface area contributed by atoms with Gasteiger partial charge in [0.25, 0.3) is 7.48 Å². The molecule has 0 aliphatic heterocycles. The second-order valence-electron chi connectivity index (χ2n) is 8.68. The third kappa shape index (κ3) is 7.81. The van der Waals surface area contributed by atoms with E-state index in [0.717, 1.165) is 7.48 Å². The Morgan fingerprint density at radius 3 is 0.971 bits per heavy atom. The lowest BCUT2D eigenvalue weighted by atomic mass is 9.68. The molecule has 2 aromatic carbocycles. The standard InChI is InChI=1S/C21H16BF12O/c1-17(2,3)22-35-16(10-4-12(18(23,24)25)8-13(5-10)19(26,27)28)11-6-14(20(29,30)31)9-15(7-11)21(32,33)34/h4-9,16H,1-3H3. The van der Waals surface area contributed by atoms with Crippen LogP contribution < -0.4 is 0 Å². The topological polar surface area (TPSA) is 9.23 Å². The molecule has 0 amide bonds. The molecule has 0 atom stereocenters. The third-order valence-electron chi connectivity index (χ3n) is 4.38. The molecule has 0 spiro atoms.